The number of nitrogens with zero attached hydrogens (tertiary/aromatic N) is 3. The molecule has 0 saturated carbocycles. The van der Waals surface area contributed by atoms with Crippen molar-refractivity contribution in [2.24, 2.45) is 5.73 Å². The number of nitrogens with one attached hydrogen (secondary N) is 1. The van der Waals surface area contributed by atoms with Crippen molar-refractivity contribution in [1.29, 1.82) is 0 Å². The van der Waals surface area contributed by atoms with Crippen LogP contribution in [0, 0.1) is 6.92 Å². The molecule has 18 heavy (non-hydrogen) atoms. The fourth-order valence-electron chi connectivity index (χ4n) is 2.05. The van der Waals surface area contributed by atoms with Crippen LogP contribution in [-0.4, -0.2) is 26.1 Å². The van der Waals surface area contributed by atoms with E-state index in [0.717, 1.165) is 34.7 Å². The van der Waals surface area contributed by atoms with Crippen LogP contribution in [0.2, 0.25) is 0 Å². The summed E-state index contributed by atoms with van der Waals surface area (Å²) >= 11 is 0. The molecule has 5 heteroatoms. The Balaban J connectivity index is 2.05. The van der Waals surface area contributed by atoms with E-state index in [1.54, 1.807) is 6.33 Å². The number of H-pyrrole nitrogens is 1. The average molecular weight is 241 g/mol. The third-order valence-electron chi connectivity index (χ3n) is 2.98. The first-order valence-electron chi connectivity index (χ1n) is 5.95. The Hall–Kier alpha value is -2.14. The van der Waals surface area contributed by atoms with Gasteiger partial charge >= 0.3 is 0 Å². The van der Waals surface area contributed by atoms with Crippen LogP contribution in [0.25, 0.3) is 22.6 Å². The lowest BCUT2D eigenvalue weighted by Gasteiger charge is -1.94. The zero-order valence-electron chi connectivity index (χ0n) is 10.2. The van der Waals surface area contributed by atoms with E-state index in [-0.39, 0.29) is 0 Å². The number of fused-ring (bicyclic) bond motifs is 1. The molecule has 0 radical (unpaired) electrons. The van der Waals surface area contributed by atoms with Gasteiger partial charge in [0, 0.05) is 19.3 Å². The molecule has 0 atom stereocenters. The summed E-state index contributed by atoms with van der Waals surface area (Å²) in [6.45, 7) is 3.43. The summed E-state index contributed by atoms with van der Waals surface area (Å²) in [5.41, 5.74) is 9.57. The summed E-state index contributed by atoms with van der Waals surface area (Å²) in [4.78, 5) is 12.2. The van der Waals surface area contributed by atoms with E-state index in [4.69, 9.17) is 5.73 Å². The molecule has 5 nitrogen and oxygen atoms in total. The van der Waals surface area contributed by atoms with Crippen LogP contribution < -0.4 is 5.73 Å². The first-order valence-corrected chi connectivity index (χ1v) is 5.95. The van der Waals surface area contributed by atoms with E-state index < -0.39 is 0 Å². The van der Waals surface area contributed by atoms with Crippen LogP contribution in [0.1, 0.15) is 5.56 Å². The normalized spacial score (nSPS) is 11.2. The van der Waals surface area contributed by atoms with Gasteiger partial charge in [-0.1, -0.05) is 12.1 Å². The van der Waals surface area contributed by atoms with Crippen LogP contribution in [-0.2, 0) is 6.54 Å². The van der Waals surface area contributed by atoms with Crippen LogP contribution >= 0.6 is 0 Å². The Morgan fingerprint density at radius 3 is 3.06 bits per heavy atom. The number of hydrogen-bond acceptors (Lipinski definition) is 3. The molecule has 0 saturated heterocycles. The number of aromatic amines is 1. The van der Waals surface area contributed by atoms with Gasteiger partial charge < -0.3 is 15.3 Å². The van der Waals surface area contributed by atoms with Crippen LogP contribution in [0.15, 0.2) is 30.7 Å². The number of imidazole rings is 2. The minimum Gasteiger partial charge on any atom is -0.337 e. The van der Waals surface area contributed by atoms with E-state index in [9.17, 15) is 0 Å². The number of aryl methyl sites for hydroxylation is 1. The third kappa shape index (κ3) is 1.78. The monoisotopic (exact) mass is 241 g/mol. The maximum absolute atomic E-state index is 5.52. The topological polar surface area (TPSA) is 72.5 Å². The molecule has 0 amide bonds. The van der Waals surface area contributed by atoms with Crippen molar-refractivity contribution in [3.8, 4) is 11.5 Å². The molecule has 0 unspecified atom stereocenters. The predicted octanol–water partition coefficient (Wildman–Crippen LogP) is 1.69. The van der Waals surface area contributed by atoms with Crippen LogP contribution in [0.4, 0.5) is 0 Å². The number of hydrogen-bond donors (Lipinski definition) is 2. The average Bonchev–Trinajstić information content (AvgIpc) is 2.96. The van der Waals surface area contributed by atoms with Crippen molar-refractivity contribution >= 4 is 11.0 Å². The molecule has 0 fully saturated rings. The minimum atomic E-state index is 0.606. The van der Waals surface area contributed by atoms with Gasteiger partial charge in [-0.25, -0.2) is 9.97 Å². The van der Waals surface area contributed by atoms with Gasteiger partial charge in [0.2, 0.25) is 0 Å². The highest BCUT2D eigenvalue weighted by molar-refractivity contribution is 5.81. The highest BCUT2D eigenvalue weighted by Gasteiger charge is 2.09. The first-order chi connectivity index (χ1) is 8.78. The van der Waals surface area contributed by atoms with E-state index >= 15 is 0 Å². The van der Waals surface area contributed by atoms with Gasteiger partial charge in [-0.2, -0.15) is 0 Å². The van der Waals surface area contributed by atoms with Crippen molar-refractivity contribution < 1.29 is 0 Å². The quantitative estimate of drug-likeness (QED) is 0.733. The Labute approximate surface area is 105 Å². The molecule has 3 aromatic rings. The summed E-state index contributed by atoms with van der Waals surface area (Å²) in [6, 6.07) is 6.10. The number of benzene rings is 1. The second-order valence-electron chi connectivity index (χ2n) is 4.34. The Kier molecular flexibility index (Phi) is 2.60. The summed E-state index contributed by atoms with van der Waals surface area (Å²) in [6.07, 6.45) is 3.74. The fraction of sp³-hybridized carbons (Fsp3) is 0.231. The lowest BCUT2D eigenvalue weighted by atomic mass is 10.2. The summed E-state index contributed by atoms with van der Waals surface area (Å²) in [7, 11) is 0. The molecule has 0 aliphatic heterocycles. The number of aromatic nitrogens is 4. The van der Waals surface area contributed by atoms with Crippen molar-refractivity contribution in [2.45, 2.75) is 13.5 Å². The van der Waals surface area contributed by atoms with Crippen molar-refractivity contribution in [2.75, 3.05) is 6.54 Å². The minimum absolute atomic E-state index is 0.606. The summed E-state index contributed by atoms with van der Waals surface area (Å²) in [5.74, 6) is 0.801. The second kappa shape index (κ2) is 4.27. The molecule has 0 bridgehead atoms. The molecule has 2 aromatic heterocycles. The van der Waals surface area contributed by atoms with Gasteiger partial charge in [0.05, 0.1) is 17.4 Å². The maximum Gasteiger partial charge on any atom is 0.158 e. The maximum atomic E-state index is 5.52. The second-order valence-corrected chi connectivity index (χ2v) is 4.34. The molecular weight excluding hydrogens is 226 g/mol. The lowest BCUT2D eigenvalue weighted by molar-refractivity contribution is 0.708. The van der Waals surface area contributed by atoms with Gasteiger partial charge in [-0.3, -0.25) is 0 Å². The predicted molar refractivity (Wildman–Crippen MR) is 71.1 cm³/mol. The van der Waals surface area contributed by atoms with Gasteiger partial charge in [0.1, 0.15) is 5.69 Å². The first kappa shape index (κ1) is 11.0. The van der Waals surface area contributed by atoms with Crippen LogP contribution in [0.3, 0.4) is 0 Å². The highest BCUT2D eigenvalue weighted by atomic mass is 15.1. The molecule has 92 valence electrons. The van der Waals surface area contributed by atoms with E-state index in [1.165, 1.54) is 0 Å². The van der Waals surface area contributed by atoms with E-state index in [0.29, 0.717) is 6.54 Å². The number of nitrogens with two attached hydrogens (primary N) is 1. The van der Waals surface area contributed by atoms with Gasteiger partial charge in [-0.05, 0) is 18.6 Å². The molecule has 2 heterocycles. The SMILES string of the molecule is Cc1cccc2[nH]c(-c3cn(CCN)cn3)nc12. The number of rotatable bonds is 3. The molecule has 0 aliphatic carbocycles. The highest BCUT2D eigenvalue weighted by Crippen LogP contribution is 2.21. The van der Waals surface area contributed by atoms with Gasteiger partial charge in [-0.15, -0.1) is 0 Å². The summed E-state index contributed by atoms with van der Waals surface area (Å²) in [5, 5.41) is 0. The number of para-hydroxylation sites is 1. The van der Waals surface area contributed by atoms with E-state index in [1.807, 2.05) is 22.9 Å². The van der Waals surface area contributed by atoms with Gasteiger partial charge in [0.15, 0.2) is 5.82 Å². The van der Waals surface area contributed by atoms with Crippen LogP contribution in [0.5, 0.6) is 0 Å². The molecule has 0 spiro atoms. The molecular formula is C13H15N5. The van der Waals surface area contributed by atoms with Crippen molar-refractivity contribution in [1.82, 2.24) is 19.5 Å². The Morgan fingerprint density at radius 1 is 1.39 bits per heavy atom. The van der Waals surface area contributed by atoms with Gasteiger partial charge in [0.25, 0.3) is 0 Å². The Morgan fingerprint density at radius 2 is 2.28 bits per heavy atom. The fourth-order valence-corrected chi connectivity index (χ4v) is 2.05. The molecule has 1 aromatic carbocycles. The third-order valence-corrected chi connectivity index (χ3v) is 2.98. The largest absolute Gasteiger partial charge is 0.337 e. The smallest absolute Gasteiger partial charge is 0.158 e. The molecule has 3 N–H and O–H groups in total. The zero-order valence-corrected chi connectivity index (χ0v) is 10.2. The van der Waals surface area contributed by atoms with Crippen molar-refractivity contribution in [3.63, 3.8) is 0 Å². The standard InChI is InChI=1S/C13H15N5/c1-9-3-2-4-10-12(9)17-13(16-10)11-7-18(6-5-14)8-15-11/h2-4,7-8H,5-6,14H2,1H3,(H,16,17). The Bertz CT molecular complexity index is 680. The molecule has 3 rings (SSSR count). The lowest BCUT2D eigenvalue weighted by Crippen LogP contribution is -2.07. The molecule has 0 aliphatic rings. The van der Waals surface area contributed by atoms with E-state index in [2.05, 4.69) is 27.9 Å². The van der Waals surface area contributed by atoms with Crippen molar-refractivity contribution in [3.05, 3.63) is 36.3 Å². The summed E-state index contributed by atoms with van der Waals surface area (Å²) < 4.78 is 1.97. The zero-order chi connectivity index (χ0) is 12.5.